The topological polar surface area (TPSA) is 136 Å². The number of rotatable bonds is 7. The van der Waals surface area contributed by atoms with Gasteiger partial charge in [-0.2, -0.15) is 4.98 Å². The molecule has 9 heteroatoms. The maximum Gasteiger partial charge on any atom is 0.260 e. The van der Waals surface area contributed by atoms with Crippen molar-refractivity contribution in [3.05, 3.63) is 53.5 Å². The van der Waals surface area contributed by atoms with Crippen LogP contribution in [0.25, 0.3) is 11.6 Å². The van der Waals surface area contributed by atoms with Crippen LogP contribution in [0.1, 0.15) is 28.5 Å². The van der Waals surface area contributed by atoms with Crippen molar-refractivity contribution in [1.82, 2.24) is 20.3 Å². The molecular formula is C19H21N5O4. The Morgan fingerprint density at radius 2 is 2.18 bits per heavy atom. The molecule has 28 heavy (non-hydrogen) atoms. The van der Waals surface area contributed by atoms with Crippen molar-refractivity contribution in [2.45, 2.75) is 26.5 Å². The molecule has 0 aliphatic rings. The number of nitrogens with two attached hydrogens (primary N) is 1. The molecule has 0 saturated carbocycles. The number of pyridine rings is 1. The minimum Gasteiger partial charge on any atom is -0.474 e. The third-order valence-electron chi connectivity index (χ3n) is 3.87. The van der Waals surface area contributed by atoms with Crippen molar-refractivity contribution in [2.24, 2.45) is 0 Å². The summed E-state index contributed by atoms with van der Waals surface area (Å²) in [5, 5.41) is 12.3. The van der Waals surface area contributed by atoms with Gasteiger partial charge in [-0.15, -0.1) is 0 Å². The van der Waals surface area contributed by atoms with Crippen LogP contribution in [0.15, 0.2) is 41.1 Å². The molecule has 9 nitrogen and oxygen atoms in total. The SMILES string of the molecule is Cc1cccnc1CNC(=O)c1c(N)nc(-c2ccco2)nc1OCC(C)O. The summed E-state index contributed by atoms with van der Waals surface area (Å²) in [5.74, 6) is -0.0358. The van der Waals surface area contributed by atoms with Gasteiger partial charge in [0.15, 0.2) is 5.76 Å². The first-order valence-corrected chi connectivity index (χ1v) is 8.66. The molecule has 1 unspecified atom stereocenters. The number of carbonyl (C=O) groups excluding carboxylic acids is 1. The highest BCUT2D eigenvalue weighted by Crippen LogP contribution is 2.26. The molecule has 146 valence electrons. The number of ether oxygens (including phenoxy) is 1. The quantitative estimate of drug-likeness (QED) is 0.561. The van der Waals surface area contributed by atoms with Crippen LogP contribution in [-0.4, -0.2) is 38.7 Å². The van der Waals surface area contributed by atoms with E-state index in [2.05, 4.69) is 20.3 Å². The third-order valence-corrected chi connectivity index (χ3v) is 3.87. The molecule has 1 amide bonds. The Labute approximate surface area is 161 Å². The molecule has 3 aromatic rings. The van der Waals surface area contributed by atoms with E-state index >= 15 is 0 Å². The summed E-state index contributed by atoms with van der Waals surface area (Å²) in [6.45, 7) is 3.61. The minimum absolute atomic E-state index is 0.00968. The zero-order valence-corrected chi connectivity index (χ0v) is 15.5. The molecule has 3 heterocycles. The van der Waals surface area contributed by atoms with E-state index in [1.54, 1.807) is 25.3 Å². The number of aryl methyl sites for hydroxylation is 1. The predicted octanol–water partition coefficient (Wildman–Crippen LogP) is 1.71. The monoisotopic (exact) mass is 383 g/mol. The number of nitrogens with one attached hydrogen (secondary N) is 1. The largest absolute Gasteiger partial charge is 0.474 e. The molecule has 4 N–H and O–H groups in total. The molecule has 0 spiro atoms. The summed E-state index contributed by atoms with van der Waals surface area (Å²) in [4.78, 5) is 25.4. The van der Waals surface area contributed by atoms with Gasteiger partial charge in [-0.1, -0.05) is 6.07 Å². The summed E-state index contributed by atoms with van der Waals surface area (Å²) in [6.07, 6.45) is 2.37. The van der Waals surface area contributed by atoms with Crippen LogP contribution in [0.4, 0.5) is 5.82 Å². The molecule has 0 radical (unpaired) electrons. The van der Waals surface area contributed by atoms with Gasteiger partial charge in [0.05, 0.1) is 24.6 Å². The van der Waals surface area contributed by atoms with Gasteiger partial charge in [-0.05, 0) is 37.6 Å². The average Bonchev–Trinajstić information content (AvgIpc) is 3.20. The number of aliphatic hydroxyl groups excluding tert-OH is 1. The standard InChI is InChI=1S/C19H21N5O4/c1-11-5-3-7-21-13(11)9-22-18(26)15-16(20)23-17(14-6-4-8-27-14)24-19(15)28-10-12(2)25/h3-8,12,25H,9-10H2,1-2H3,(H,22,26)(H2,20,23,24). The normalized spacial score (nSPS) is 11.8. The van der Waals surface area contributed by atoms with Crippen LogP contribution < -0.4 is 15.8 Å². The molecule has 0 aliphatic heterocycles. The number of anilines is 1. The van der Waals surface area contributed by atoms with Gasteiger partial charge < -0.3 is 25.3 Å². The molecule has 1 atom stereocenters. The highest BCUT2D eigenvalue weighted by molar-refractivity contribution is 6.00. The minimum atomic E-state index is -0.754. The molecular weight excluding hydrogens is 362 g/mol. The number of aliphatic hydroxyl groups is 1. The Hall–Kier alpha value is -3.46. The number of nitrogen functional groups attached to an aromatic ring is 1. The predicted molar refractivity (Wildman–Crippen MR) is 101 cm³/mol. The van der Waals surface area contributed by atoms with Crippen molar-refractivity contribution in [3.63, 3.8) is 0 Å². The fourth-order valence-corrected chi connectivity index (χ4v) is 2.45. The first-order chi connectivity index (χ1) is 13.5. The highest BCUT2D eigenvalue weighted by Gasteiger charge is 2.23. The van der Waals surface area contributed by atoms with E-state index in [0.717, 1.165) is 11.3 Å². The van der Waals surface area contributed by atoms with Gasteiger partial charge >= 0.3 is 0 Å². The van der Waals surface area contributed by atoms with E-state index in [0.29, 0.717) is 5.76 Å². The Morgan fingerprint density at radius 3 is 2.86 bits per heavy atom. The maximum atomic E-state index is 12.7. The summed E-state index contributed by atoms with van der Waals surface area (Å²) in [6, 6.07) is 7.07. The lowest BCUT2D eigenvalue weighted by Crippen LogP contribution is -2.27. The molecule has 0 aliphatic carbocycles. The van der Waals surface area contributed by atoms with Crippen molar-refractivity contribution in [1.29, 1.82) is 0 Å². The summed E-state index contributed by atoms with van der Waals surface area (Å²) in [5.41, 5.74) is 7.69. The lowest BCUT2D eigenvalue weighted by atomic mass is 10.2. The van der Waals surface area contributed by atoms with Gasteiger partial charge in [0.2, 0.25) is 11.7 Å². The Balaban J connectivity index is 1.89. The number of aromatic nitrogens is 3. The van der Waals surface area contributed by atoms with E-state index in [1.165, 1.54) is 6.26 Å². The van der Waals surface area contributed by atoms with Gasteiger partial charge in [-0.3, -0.25) is 9.78 Å². The van der Waals surface area contributed by atoms with Crippen LogP contribution in [0.5, 0.6) is 5.88 Å². The Bertz CT molecular complexity index is 957. The van der Waals surface area contributed by atoms with Gasteiger partial charge in [0.1, 0.15) is 18.0 Å². The average molecular weight is 383 g/mol. The van der Waals surface area contributed by atoms with Crippen LogP contribution in [0.2, 0.25) is 0 Å². The van der Waals surface area contributed by atoms with Gasteiger partial charge in [0, 0.05) is 6.20 Å². The Kier molecular flexibility index (Phi) is 5.85. The van der Waals surface area contributed by atoms with Crippen LogP contribution in [-0.2, 0) is 6.54 Å². The number of hydrogen-bond donors (Lipinski definition) is 3. The number of amides is 1. The maximum absolute atomic E-state index is 12.7. The van der Waals surface area contributed by atoms with Crippen LogP contribution in [0.3, 0.4) is 0 Å². The number of furan rings is 1. The second kappa shape index (κ2) is 8.49. The van der Waals surface area contributed by atoms with E-state index < -0.39 is 12.0 Å². The van der Waals surface area contributed by atoms with E-state index in [4.69, 9.17) is 14.9 Å². The summed E-state index contributed by atoms with van der Waals surface area (Å²) < 4.78 is 10.8. The van der Waals surface area contributed by atoms with E-state index in [1.807, 2.05) is 19.1 Å². The molecule has 0 aromatic carbocycles. The molecule has 3 rings (SSSR count). The fraction of sp³-hybridized carbons (Fsp3) is 0.263. The van der Waals surface area contributed by atoms with Gasteiger partial charge in [0.25, 0.3) is 5.91 Å². The van der Waals surface area contributed by atoms with Crippen molar-refractivity contribution in [2.75, 3.05) is 12.3 Å². The van der Waals surface area contributed by atoms with E-state index in [-0.39, 0.29) is 36.2 Å². The van der Waals surface area contributed by atoms with Crippen LogP contribution >= 0.6 is 0 Å². The van der Waals surface area contributed by atoms with E-state index in [9.17, 15) is 9.90 Å². The van der Waals surface area contributed by atoms with Gasteiger partial charge in [-0.25, -0.2) is 4.98 Å². The number of carbonyl (C=O) groups is 1. The summed E-state index contributed by atoms with van der Waals surface area (Å²) in [7, 11) is 0. The zero-order chi connectivity index (χ0) is 20.1. The zero-order valence-electron chi connectivity index (χ0n) is 15.5. The first-order valence-electron chi connectivity index (χ1n) is 8.66. The Morgan fingerprint density at radius 1 is 1.36 bits per heavy atom. The summed E-state index contributed by atoms with van der Waals surface area (Å²) >= 11 is 0. The van der Waals surface area contributed by atoms with Crippen molar-refractivity contribution in [3.8, 4) is 17.5 Å². The van der Waals surface area contributed by atoms with Crippen molar-refractivity contribution < 1.29 is 19.1 Å². The second-order valence-corrected chi connectivity index (χ2v) is 6.20. The van der Waals surface area contributed by atoms with Crippen LogP contribution in [0, 0.1) is 6.92 Å². The third kappa shape index (κ3) is 4.44. The first kappa shape index (κ1) is 19.3. The lowest BCUT2D eigenvalue weighted by molar-refractivity contribution is 0.0932. The molecule has 0 saturated heterocycles. The van der Waals surface area contributed by atoms with Crippen molar-refractivity contribution >= 4 is 11.7 Å². The molecule has 0 bridgehead atoms. The smallest absolute Gasteiger partial charge is 0.260 e. The number of nitrogens with zero attached hydrogens (tertiary/aromatic N) is 3. The number of hydrogen-bond acceptors (Lipinski definition) is 8. The fourth-order valence-electron chi connectivity index (χ4n) is 2.45. The molecule has 3 aromatic heterocycles. The highest BCUT2D eigenvalue weighted by atomic mass is 16.5. The molecule has 0 fully saturated rings. The lowest BCUT2D eigenvalue weighted by Gasteiger charge is -2.14. The second-order valence-electron chi connectivity index (χ2n) is 6.20.